The van der Waals surface area contributed by atoms with E-state index in [2.05, 4.69) is 5.32 Å². The molecule has 5 heteroatoms. The summed E-state index contributed by atoms with van der Waals surface area (Å²) in [5.74, 6) is 0.721. The molecule has 116 valence electrons. The third kappa shape index (κ3) is 4.19. The van der Waals surface area contributed by atoms with Crippen LogP contribution in [0.3, 0.4) is 0 Å². The molecule has 1 saturated heterocycles. The first-order valence-corrected chi connectivity index (χ1v) is 7.38. The molecular formula is C16H24N2O3. The molecule has 1 aliphatic rings. The third-order valence-corrected chi connectivity index (χ3v) is 3.81. The Labute approximate surface area is 125 Å². The number of rotatable bonds is 5. The average Bonchev–Trinajstić information content (AvgIpc) is 2.48. The monoisotopic (exact) mass is 292 g/mol. The number of carbonyl (C=O) groups excluding carboxylic acids is 1. The number of benzene rings is 1. The van der Waals surface area contributed by atoms with E-state index in [9.17, 15) is 4.79 Å². The van der Waals surface area contributed by atoms with Crippen LogP contribution in [0.4, 0.5) is 0 Å². The van der Waals surface area contributed by atoms with Gasteiger partial charge in [-0.15, -0.1) is 0 Å². The zero-order valence-corrected chi connectivity index (χ0v) is 12.7. The lowest BCUT2D eigenvalue weighted by Crippen LogP contribution is -2.57. The molecule has 1 heterocycles. The number of aryl methyl sites for hydroxylation is 1. The Morgan fingerprint density at radius 3 is 2.76 bits per heavy atom. The molecule has 1 fully saturated rings. The van der Waals surface area contributed by atoms with Crippen LogP contribution in [0.5, 0.6) is 5.75 Å². The van der Waals surface area contributed by atoms with E-state index < -0.39 is 5.54 Å². The van der Waals surface area contributed by atoms with E-state index >= 15 is 0 Å². The van der Waals surface area contributed by atoms with Crippen LogP contribution in [0.25, 0.3) is 0 Å². The van der Waals surface area contributed by atoms with Gasteiger partial charge in [0.2, 0.25) is 5.91 Å². The third-order valence-electron chi connectivity index (χ3n) is 3.81. The second-order valence-corrected chi connectivity index (χ2v) is 5.67. The SMILES string of the molecule is Cc1ccccc1OC(C)CNC(=O)C1(N)CCOCC1. The van der Waals surface area contributed by atoms with Crippen LogP contribution in [-0.2, 0) is 9.53 Å². The maximum absolute atomic E-state index is 12.2. The molecule has 0 radical (unpaired) electrons. The molecule has 0 aliphatic carbocycles. The van der Waals surface area contributed by atoms with Gasteiger partial charge in [-0.05, 0) is 38.3 Å². The fourth-order valence-corrected chi connectivity index (χ4v) is 2.32. The van der Waals surface area contributed by atoms with Gasteiger partial charge < -0.3 is 20.5 Å². The van der Waals surface area contributed by atoms with Gasteiger partial charge in [0.1, 0.15) is 11.9 Å². The molecule has 0 saturated carbocycles. The Morgan fingerprint density at radius 1 is 1.43 bits per heavy atom. The Morgan fingerprint density at radius 2 is 2.10 bits per heavy atom. The fraction of sp³-hybridized carbons (Fsp3) is 0.562. The number of amides is 1. The minimum Gasteiger partial charge on any atom is -0.489 e. The maximum atomic E-state index is 12.2. The Hall–Kier alpha value is -1.59. The second-order valence-electron chi connectivity index (χ2n) is 5.67. The van der Waals surface area contributed by atoms with E-state index in [0.29, 0.717) is 32.6 Å². The van der Waals surface area contributed by atoms with Gasteiger partial charge in [-0.1, -0.05) is 18.2 Å². The Balaban J connectivity index is 1.82. The molecule has 3 N–H and O–H groups in total. The number of carbonyl (C=O) groups is 1. The second kappa shape index (κ2) is 6.91. The van der Waals surface area contributed by atoms with Gasteiger partial charge in [-0.2, -0.15) is 0 Å². The molecule has 0 aromatic heterocycles. The highest BCUT2D eigenvalue weighted by Gasteiger charge is 2.35. The molecule has 0 bridgehead atoms. The number of hydrogen-bond donors (Lipinski definition) is 2. The van der Waals surface area contributed by atoms with Crippen LogP contribution < -0.4 is 15.8 Å². The number of ether oxygens (including phenoxy) is 2. The molecule has 1 unspecified atom stereocenters. The van der Waals surface area contributed by atoms with E-state index in [4.69, 9.17) is 15.2 Å². The molecule has 1 atom stereocenters. The highest BCUT2D eigenvalue weighted by Crippen LogP contribution is 2.19. The summed E-state index contributed by atoms with van der Waals surface area (Å²) in [4.78, 5) is 12.2. The number of nitrogens with one attached hydrogen (secondary N) is 1. The van der Waals surface area contributed by atoms with Gasteiger partial charge >= 0.3 is 0 Å². The smallest absolute Gasteiger partial charge is 0.240 e. The maximum Gasteiger partial charge on any atom is 0.240 e. The predicted octanol–water partition coefficient (Wildman–Crippen LogP) is 1.39. The van der Waals surface area contributed by atoms with Gasteiger partial charge in [0.25, 0.3) is 0 Å². The highest BCUT2D eigenvalue weighted by molar-refractivity contribution is 5.86. The fourth-order valence-electron chi connectivity index (χ4n) is 2.32. The van der Waals surface area contributed by atoms with Gasteiger partial charge in [-0.3, -0.25) is 4.79 Å². The van der Waals surface area contributed by atoms with Crippen LogP contribution in [0.2, 0.25) is 0 Å². The van der Waals surface area contributed by atoms with Crippen molar-refractivity contribution in [3.63, 3.8) is 0 Å². The van der Waals surface area contributed by atoms with Gasteiger partial charge in [0.05, 0.1) is 12.1 Å². The van der Waals surface area contributed by atoms with Crippen molar-refractivity contribution in [1.82, 2.24) is 5.32 Å². The van der Waals surface area contributed by atoms with Crippen molar-refractivity contribution in [2.24, 2.45) is 5.73 Å². The summed E-state index contributed by atoms with van der Waals surface area (Å²) in [5.41, 5.74) is 6.41. The summed E-state index contributed by atoms with van der Waals surface area (Å²) >= 11 is 0. The van der Waals surface area contributed by atoms with Crippen molar-refractivity contribution in [1.29, 1.82) is 0 Å². The Bertz CT molecular complexity index is 484. The van der Waals surface area contributed by atoms with Crippen LogP contribution in [0.1, 0.15) is 25.3 Å². The van der Waals surface area contributed by atoms with Crippen LogP contribution in [-0.4, -0.2) is 37.3 Å². The zero-order chi connectivity index (χ0) is 15.3. The normalized spacial score (nSPS) is 18.8. The quantitative estimate of drug-likeness (QED) is 0.860. The summed E-state index contributed by atoms with van der Waals surface area (Å²) in [6.45, 7) is 5.45. The summed E-state index contributed by atoms with van der Waals surface area (Å²) in [5, 5.41) is 2.89. The van der Waals surface area contributed by atoms with Crippen molar-refractivity contribution in [3.8, 4) is 5.75 Å². The summed E-state index contributed by atoms with van der Waals surface area (Å²) in [6, 6.07) is 7.83. The van der Waals surface area contributed by atoms with Crippen molar-refractivity contribution in [2.45, 2.75) is 38.3 Å². The van der Waals surface area contributed by atoms with Gasteiger partial charge in [0.15, 0.2) is 0 Å². The number of nitrogens with two attached hydrogens (primary N) is 1. The average molecular weight is 292 g/mol. The lowest BCUT2D eigenvalue weighted by atomic mass is 9.90. The van der Waals surface area contributed by atoms with Crippen molar-refractivity contribution in [3.05, 3.63) is 29.8 Å². The lowest BCUT2D eigenvalue weighted by molar-refractivity contribution is -0.130. The topological polar surface area (TPSA) is 73.6 Å². The molecule has 5 nitrogen and oxygen atoms in total. The Kier molecular flexibility index (Phi) is 5.20. The van der Waals surface area contributed by atoms with Crippen molar-refractivity contribution >= 4 is 5.91 Å². The molecule has 1 aliphatic heterocycles. The minimum atomic E-state index is -0.805. The first kappa shape index (κ1) is 15.8. The molecule has 1 amide bonds. The van der Waals surface area contributed by atoms with Crippen molar-refractivity contribution in [2.75, 3.05) is 19.8 Å². The van der Waals surface area contributed by atoms with E-state index in [-0.39, 0.29) is 12.0 Å². The standard InChI is InChI=1S/C16H24N2O3/c1-12-5-3-4-6-14(12)21-13(2)11-18-15(19)16(17)7-9-20-10-8-16/h3-6,13H,7-11,17H2,1-2H3,(H,18,19). The highest BCUT2D eigenvalue weighted by atomic mass is 16.5. The largest absolute Gasteiger partial charge is 0.489 e. The summed E-state index contributed by atoms with van der Waals surface area (Å²) in [7, 11) is 0. The van der Waals surface area contributed by atoms with E-state index in [1.54, 1.807) is 0 Å². The predicted molar refractivity (Wildman–Crippen MR) is 81.3 cm³/mol. The van der Waals surface area contributed by atoms with Gasteiger partial charge in [-0.25, -0.2) is 0 Å². The molecule has 1 aromatic rings. The number of hydrogen-bond acceptors (Lipinski definition) is 4. The first-order valence-electron chi connectivity index (χ1n) is 7.38. The molecule has 2 rings (SSSR count). The zero-order valence-electron chi connectivity index (χ0n) is 12.7. The molecule has 21 heavy (non-hydrogen) atoms. The van der Waals surface area contributed by atoms with Crippen LogP contribution in [0, 0.1) is 6.92 Å². The molecule has 0 spiro atoms. The van der Waals surface area contributed by atoms with E-state index in [0.717, 1.165) is 11.3 Å². The van der Waals surface area contributed by atoms with E-state index in [1.165, 1.54) is 0 Å². The van der Waals surface area contributed by atoms with Crippen molar-refractivity contribution < 1.29 is 14.3 Å². The minimum absolute atomic E-state index is 0.113. The van der Waals surface area contributed by atoms with E-state index in [1.807, 2.05) is 38.1 Å². The van der Waals surface area contributed by atoms with Crippen LogP contribution in [0.15, 0.2) is 24.3 Å². The van der Waals surface area contributed by atoms with Gasteiger partial charge in [0, 0.05) is 13.2 Å². The first-order chi connectivity index (χ1) is 10.0. The molecular weight excluding hydrogens is 268 g/mol. The lowest BCUT2D eigenvalue weighted by Gasteiger charge is -2.32. The molecule has 1 aromatic carbocycles. The van der Waals surface area contributed by atoms with Crippen LogP contribution >= 0.6 is 0 Å². The summed E-state index contributed by atoms with van der Waals surface area (Å²) < 4.78 is 11.1. The number of para-hydroxylation sites is 1. The summed E-state index contributed by atoms with van der Waals surface area (Å²) in [6.07, 6.45) is 1.01.